The maximum atomic E-state index is 11.0. The van der Waals surface area contributed by atoms with E-state index in [0.717, 1.165) is 17.1 Å². The number of anilines is 1. The first-order chi connectivity index (χ1) is 9.93. The molecule has 0 bridgehead atoms. The number of nitriles is 1. The molecule has 1 fully saturated rings. The largest absolute Gasteiger partial charge is 0.383 e. The third kappa shape index (κ3) is 3.14. The van der Waals surface area contributed by atoms with Crippen molar-refractivity contribution in [2.24, 2.45) is 11.7 Å². The molecule has 6 nitrogen and oxygen atoms in total. The maximum absolute atomic E-state index is 11.0. The number of aryl methyl sites for hydroxylation is 2. The lowest BCUT2D eigenvalue weighted by atomic mass is 9.90. The van der Waals surface area contributed by atoms with Crippen molar-refractivity contribution in [1.29, 1.82) is 5.26 Å². The Morgan fingerprint density at radius 2 is 2.14 bits per heavy atom. The minimum atomic E-state index is -1.08. The van der Waals surface area contributed by atoms with Crippen LogP contribution < -0.4 is 10.6 Å². The van der Waals surface area contributed by atoms with Crippen molar-refractivity contribution in [1.82, 2.24) is 4.98 Å². The number of aliphatic hydroxyl groups is 1. The van der Waals surface area contributed by atoms with Crippen LogP contribution in [0.2, 0.25) is 0 Å². The van der Waals surface area contributed by atoms with Crippen LogP contribution in [0.15, 0.2) is 6.07 Å². The number of aliphatic hydroxyl groups excluding tert-OH is 1. The molecule has 0 radical (unpaired) electrons. The van der Waals surface area contributed by atoms with Crippen LogP contribution in [0.5, 0.6) is 0 Å². The maximum Gasteiger partial charge on any atom is 0.246 e. The van der Waals surface area contributed by atoms with Gasteiger partial charge in [0.25, 0.3) is 0 Å². The molecule has 0 aromatic carbocycles. The van der Waals surface area contributed by atoms with Gasteiger partial charge in [-0.25, -0.2) is 0 Å². The highest BCUT2D eigenvalue weighted by Crippen LogP contribution is 2.29. The Morgan fingerprint density at radius 1 is 1.52 bits per heavy atom. The molecule has 1 atom stereocenters. The molecule has 1 aliphatic rings. The molecule has 1 amide bonds. The predicted octanol–water partition coefficient (Wildman–Crippen LogP) is 0.633. The van der Waals surface area contributed by atoms with Crippen LogP contribution in [0, 0.1) is 31.1 Å². The number of hydrogen-bond donors (Lipinski definition) is 2. The first kappa shape index (κ1) is 15.3. The molecule has 112 valence electrons. The van der Waals surface area contributed by atoms with Crippen molar-refractivity contribution in [3.05, 3.63) is 23.0 Å². The molecule has 3 N–H and O–H groups in total. The molecule has 1 saturated heterocycles. The second kappa shape index (κ2) is 6.10. The number of nitrogens with zero attached hydrogens (tertiary/aromatic N) is 3. The topological polar surface area (TPSA) is 103 Å². The number of aromatic nitrogens is 1. The minimum Gasteiger partial charge on any atom is -0.383 e. The van der Waals surface area contributed by atoms with Crippen LogP contribution in [0.25, 0.3) is 0 Å². The molecular weight excluding hydrogens is 268 g/mol. The zero-order valence-electron chi connectivity index (χ0n) is 12.3. The molecule has 0 saturated carbocycles. The van der Waals surface area contributed by atoms with E-state index >= 15 is 0 Å². The number of primary amides is 1. The fourth-order valence-corrected chi connectivity index (χ4v) is 2.88. The molecule has 6 heteroatoms. The second-order valence-electron chi connectivity index (χ2n) is 5.53. The van der Waals surface area contributed by atoms with E-state index in [1.54, 1.807) is 0 Å². The standard InChI is InChI=1S/C15H20N4O2/c1-9-7-13(12(8-16)10(2)18-9)19-5-3-11(4-6-19)14(20)15(17)21/h7,11,14,20H,3-6H2,1-2H3,(H2,17,21). The van der Waals surface area contributed by atoms with Gasteiger partial charge in [0.1, 0.15) is 12.2 Å². The van der Waals surface area contributed by atoms with E-state index in [-0.39, 0.29) is 5.92 Å². The van der Waals surface area contributed by atoms with Crippen LogP contribution in [0.1, 0.15) is 29.8 Å². The van der Waals surface area contributed by atoms with Gasteiger partial charge in [-0.15, -0.1) is 0 Å². The molecule has 2 rings (SSSR count). The summed E-state index contributed by atoms with van der Waals surface area (Å²) in [5, 5.41) is 19.1. The van der Waals surface area contributed by atoms with E-state index < -0.39 is 12.0 Å². The van der Waals surface area contributed by atoms with E-state index in [0.29, 0.717) is 31.5 Å². The Hall–Kier alpha value is -2.13. The van der Waals surface area contributed by atoms with Crippen molar-refractivity contribution in [2.45, 2.75) is 32.8 Å². The Labute approximate surface area is 124 Å². The highest BCUT2D eigenvalue weighted by Gasteiger charge is 2.29. The van der Waals surface area contributed by atoms with Gasteiger partial charge in [0.2, 0.25) is 5.91 Å². The molecule has 1 aliphatic heterocycles. The number of rotatable bonds is 3. The zero-order chi connectivity index (χ0) is 15.6. The zero-order valence-corrected chi connectivity index (χ0v) is 12.3. The average Bonchev–Trinajstić information content (AvgIpc) is 2.46. The molecule has 0 aliphatic carbocycles. The van der Waals surface area contributed by atoms with Gasteiger partial charge in [-0.3, -0.25) is 9.78 Å². The molecule has 2 heterocycles. The van der Waals surface area contributed by atoms with E-state index in [2.05, 4.69) is 16.0 Å². The first-order valence-electron chi connectivity index (χ1n) is 7.04. The number of hydrogen-bond acceptors (Lipinski definition) is 5. The van der Waals surface area contributed by atoms with Crippen molar-refractivity contribution in [3.8, 4) is 6.07 Å². The fraction of sp³-hybridized carbons (Fsp3) is 0.533. The van der Waals surface area contributed by atoms with Gasteiger partial charge < -0.3 is 15.7 Å². The molecule has 1 aromatic heterocycles. The summed E-state index contributed by atoms with van der Waals surface area (Å²) < 4.78 is 0. The normalized spacial score (nSPS) is 17.3. The SMILES string of the molecule is Cc1cc(N2CCC(C(O)C(N)=O)CC2)c(C#N)c(C)n1. The quantitative estimate of drug-likeness (QED) is 0.849. The summed E-state index contributed by atoms with van der Waals surface area (Å²) in [6.07, 6.45) is 0.272. The van der Waals surface area contributed by atoms with Crippen LogP contribution >= 0.6 is 0 Å². The van der Waals surface area contributed by atoms with Crippen molar-refractivity contribution >= 4 is 11.6 Å². The Morgan fingerprint density at radius 3 is 2.67 bits per heavy atom. The van der Waals surface area contributed by atoms with E-state index in [1.807, 2.05) is 19.9 Å². The fourth-order valence-electron chi connectivity index (χ4n) is 2.88. The van der Waals surface area contributed by atoms with Gasteiger partial charge in [-0.1, -0.05) is 0 Å². The Balaban J connectivity index is 2.17. The van der Waals surface area contributed by atoms with Gasteiger partial charge in [-0.05, 0) is 38.7 Å². The van der Waals surface area contributed by atoms with Crippen molar-refractivity contribution < 1.29 is 9.90 Å². The first-order valence-corrected chi connectivity index (χ1v) is 7.04. The lowest BCUT2D eigenvalue weighted by Crippen LogP contribution is -2.43. The lowest BCUT2D eigenvalue weighted by Gasteiger charge is -2.35. The van der Waals surface area contributed by atoms with Gasteiger partial charge in [-0.2, -0.15) is 5.26 Å². The van der Waals surface area contributed by atoms with E-state index in [9.17, 15) is 15.2 Å². The average molecular weight is 288 g/mol. The lowest BCUT2D eigenvalue weighted by molar-refractivity contribution is -0.129. The van der Waals surface area contributed by atoms with Crippen molar-refractivity contribution in [3.63, 3.8) is 0 Å². The highest BCUT2D eigenvalue weighted by atomic mass is 16.3. The van der Waals surface area contributed by atoms with Crippen LogP contribution in [0.4, 0.5) is 5.69 Å². The number of piperidine rings is 1. The third-order valence-corrected chi connectivity index (χ3v) is 4.04. The molecule has 21 heavy (non-hydrogen) atoms. The summed E-state index contributed by atoms with van der Waals surface area (Å²) in [7, 11) is 0. The van der Waals surface area contributed by atoms with Gasteiger partial charge >= 0.3 is 0 Å². The van der Waals surface area contributed by atoms with Crippen LogP contribution in [-0.2, 0) is 4.79 Å². The van der Waals surface area contributed by atoms with Gasteiger partial charge in [0.15, 0.2) is 0 Å². The van der Waals surface area contributed by atoms with Gasteiger partial charge in [0, 0.05) is 18.8 Å². The summed E-state index contributed by atoms with van der Waals surface area (Å²) in [4.78, 5) is 17.5. The molecular formula is C15H20N4O2. The number of nitrogens with two attached hydrogens (primary N) is 1. The van der Waals surface area contributed by atoms with E-state index in [4.69, 9.17) is 5.73 Å². The van der Waals surface area contributed by atoms with Crippen LogP contribution in [0.3, 0.4) is 0 Å². The second-order valence-corrected chi connectivity index (χ2v) is 5.53. The molecule has 0 spiro atoms. The predicted molar refractivity (Wildman–Crippen MR) is 78.6 cm³/mol. The molecule has 1 aromatic rings. The minimum absolute atomic E-state index is 0.103. The summed E-state index contributed by atoms with van der Waals surface area (Å²) in [6, 6.07) is 4.13. The summed E-state index contributed by atoms with van der Waals surface area (Å²) >= 11 is 0. The highest BCUT2D eigenvalue weighted by molar-refractivity contribution is 5.78. The number of carbonyl (C=O) groups excluding carboxylic acids is 1. The van der Waals surface area contributed by atoms with Crippen LogP contribution in [-0.4, -0.2) is 35.2 Å². The number of amides is 1. The van der Waals surface area contributed by atoms with E-state index in [1.165, 1.54) is 0 Å². The third-order valence-electron chi connectivity index (χ3n) is 4.04. The molecule has 1 unspecified atom stereocenters. The smallest absolute Gasteiger partial charge is 0.246 e. The van der Waals surface area contributed by atoms with Gasteiger partial charge in [0.05, 0.1) is 16.9 Å². The monoisotopic (exact) mass is 288 g/mol. The Kier molecular flexibility index (Phi) is 4.43. The number of carbonyl (C=O) groups is 1. The summed E-state index contributed by atoms with van der Waals surface area (Å²) in [5.41, 5.74) is 8.22. The van der Waals surface area contributed by atoms with Crippen molar-refractivity contribution in [2.75, 3.05) is 18.0 Å². The summed E-state index contributed by atoms with van der Waals surface area (Å²) in [6.45, 7) is 5.11. The summed E-state index contributed by atoms with van der Waals surface area (Å²) in [5.74, 6) is -0.768. The Bertz CT molecular complexity index is 586. The number of pyridine rings is 1.